The number of anilines is 1. The molecule has 8 nitrogen and oxygen atoms in total. The highest BCUT2D eigenvalue weighted by atomic mass is 32.2. The standard InChI is InChI=1S/C11H15N5O3S/c12-9-7(3-1-5-15-9)11(14)20(18,19)16-6-2-4-8(16)10(13)17/h1,3,5,8,14H,2,4,6H2,(H2,12,15)(H2,13,17)/t8-/m0/s1. The molecule has 1 aliphatic heterocycles. The number of nitrogens with one attached hydrogen (secondary N) is 1. The number of rotatable bonds is 3. The first-order valence-corrected chi connectivity index (χ1v) is 7.40. The zero-order valence-corrected chi connectivity index (χ0v) is 11.4. The Morgan fingerprint density at radius 1 is 1.50 bits per heavy atom. The Morgan fingerprint density at radius 2 is 2.20 bits per heavy atom. The van der Waals surface area contributed by atoms with E-state index in [1.54, 1.807) is 0 Å². The van der Waals surface area contributed by atoms with Crippen LogP contribution in [0.25, 0.3) is 0 Å². The monoisotopic (exact) mass is 297 g/mol. The van der Waals surface area contributed by atoms with Gasteiger partial charge in [-0.3, -0.25) is 10.2 Å². The molecule has 5 N–H and O–H groups in total. The van der Waals surface area contributed by atoms with Crippen molar-refractivity contribution in [2.45, 2.75) is 18.9 Å². The maximum absolute atomic E-state index is 12.4. The predicted molar refractivity (Wildman–Crippen MR) is 73.3 cm³/mol. The Kier molecular flexibility index (Phi) is 3.73. The van der Waals surface area contributed by atoms with E-state index in [0.29, 0.717) is 12.8 Å². The van der Waals surface area contributed by atoms with E-state index in [-0.39, 0.29) is 17.9 Å². The van der Waals surface area contributed by atoms with E-state index >= 15 is 0 Å². The minimum Gasteiger partial charge on any atom is -0.383 e. The number of hydrogen-bond donors (Lipinski definition) is 3. The fourth-order valence-corrected chi connectivity index (χ4v) is 3.78. The largest absolute Gasteiger partial charge is 0.383 e. The van der Waals surface area contributed by atoms with Gasteiger partial charge >= 0.3 is 0 Å². The van der Waals surface area contributed by atoms with Crippen LogP contribution in [0.2, 0.25) is 0 Å². The lowest BCUT2D eigenvalue weighted by Gasteiger charge is -2.22. The third-order valence-corrected chi connectivity index (χ3v) is 4.97. The van der Waals surface area contributed by atoms with Crippen molar-refractivity contribution in [3.63, 3.8) is 0 Å². The molecule has 0 unspecified atom stereocenters. The van der Waals surface area contributed by atoms with Crippen LogP contribution < -0.4 is 11.5 Å². The van der Waals surface area contributed by atoms with Gasteiger partial charge in [0.05, 0.1) is 5.56 Å². The van der Waals surface area contributed by atoms with Crippen LogP contribution in [0.3, 0.4) is 0 Å². The van der Waals surface area contributed by atoms with Crippen LogP contribution in [-0.2, 0) is 14.8 Å². The third-order valence-electron chi connectivity index (χ3n) is 3.18. The third kappa shape index (κ3) is 2.37. The van der Waals surface area contributed by atoms with Crippen molar-refractivity contribution < 1.29 is 13.2 Å². The number of nitrogen functional groups attached to an aromatic ring is 1. The van der Waals surface area contributed by atoms with Gasteiger partial charge in [0.25, 0.3) is 10.0 Å². The summed E-state index contributed by atoms with van der Waals surface area (Å²) in [6.07, 6.45) is 2.30. The first-order chi connectivity index (χ1) is 9.35. The molecule has 2 heterocycles. The quantitative estimate of drug-likeness (QED) is 0.497. The van der Waals surface area contributed by atoms with Gasteiger partial charge in [0.2, 0.25) is 5.91 Å². The Balaban J connectivity index is 2.38. The van der Waals surface area contributed by atoms with Crippen LogP contribution in [0.1, 0.15) is 18.4 Å². The topological polar surface area (TPSA) is 143 Å². The lowest BCUT2D eigenvalue weighted by molar-refractivity contribution is -0.120. The summed E-state index contributed by atoms with van der Waals surface area (Å²) in [7, 11) is -4.11. The van der Waals surface area contributed by atoms with Crippen LogP contribution in [0.15, 0.2) is 18.3 Å². The lowest BCUT2D eigenvalue weighted by Crippen LogP contribution is -2.46. The molecule has 1 atom stereocenters. The van der Waals surface area contributed by atoms with Crippen molar-refractivity contribution in [1.82, 2.24) is 9.29 Å². The summed E-state index contributed by atoms with van der Waals surface area (Å²) < 4.78 is 25.8. The highest BCUT2D eigenvalue weighted by Crippen LogP contribution is 2.24. The summed E-state index contributed by atoms with van der Waals surface area (Å²) in [6.45, 7) is 0.165. The van der Waals surface area contributed by atoms with Crippen molar-refractivity contribution in [3.05, 3.63) is 23.9 Å². The van der Waals surface area contributed by atoms with Gasteiger partial charge in [-0.2, -0.15) is 4.31 Å². The van der Waals surface area contributed by atoms with Crippen LogP contribution >= 0.6 is 0 Å². The first kappa shape index (κ1) is 14.4. The van der Waals surface area contributed by atoms with E-state index in [0.717, 1.165) is 4.31 Å². The Hall–Kier alpha value is -2.00. The number of pyridine rings is 1. The number of primary amides is 1. The molecule has 1 amide bonds. The SMILES string of the molecule is N=C(c1cccnc1N)S(=O)(=O)N1CCC[C@H]1C(N)=O. The highest BCUT2D eigenvalue weighted by Gasteiger charge is 2.40. The molecule has 2 rings (SSSR count). The molecule has 9 heteroatoms. The number of amides is 1. The number of sulfonamides is 1. The second-order valence-electron chi connectivity index (χ2n) is 4.44. The van der Waals surface area contributed by atoms with E-state index in [1.807, 2.05) is 0 Å². The Morgan fingerprint density at radius 3 is 2.80 bits per heavy atom. The van der Waals surface area contributed by atoms with Crippen LogP contribution in [0.5, 0.6) is 0 Å². The molecule has 0 aromatic carbocycles. The smallest absolute Gasteiger partial charge is 0.261 e. The van der Waals surface area contributed by atoms with Crippen molar-refractivity contribution >= 4 is 26.8 Å². The molecule has 0 radical (unpaired) electrons. The fourth-order valence-electron chi connectivity index (χ4n) is 2.18. The van der Waals surface area contributed by atoms with E-state index in [9.17, 15) is 13.2 Å². The zero-order valence-electron chi connectivity index (χ0n) is 10.6. The molecule has 0 saturated carbocycles. The second kappa shape index (κ2) is 5.17. The number of aromatic nitrogens is 1. The number of nitrogens with zero attached hydrogens (tertiary/aromatic N) is 2. The van der Waals surface area contributed by atoms with Gasteiger partial charge < -0.3 is 11.5 Å². The normalized spacial score (nSPS) is 19.9. The molecular weight excluding hydrogens is 282 g/mol. The number of nitrogens with two attached hydrogens (primary N) is 2. The van der Waals surface area contributed by atoms with Crippen LogP contribution in [0, 0.1) is 5.41 Å². The maximum atomic E-state index is 12.4. The number of carbonyl (C=O) groups is 1. The molecule has 1 aromatic heterocycles. The van der Waals surface area contributed by atoms with E-state index < -0.39 is 27.0 Å². The molecular formula is C11H15N5O3S. The first-order valence-electron chi connectivity index (χ1n) is 5.96. The molecule has 20 heavy (non-hydrogen) atoms. The average molecular weight is 297 g/mol. The second-order valence-corrected chi connectivity index (χ2v) is 6.27. The van der Waals surface area contributed by atoms with Crippen LogP contribution in [-0.4, -0.2) is 41.2 Å². The van der Waals surface area contributed by atoms with Crippen molar-refractivity contribution in [1.29, 1.82) is 5.41 Å². The molecule has 1 fully saturated rings. The summed E-state index contributed by atoms with van der Waals surface area (Å²) in [5, 5.41) is 7.20. The fraction of sp³-hybridized carbons (Fsp3) is 0.364. The predicted octanol–water partition coefficient (Wildman–Crippen LogP) is -0.731. The van der Waals surface area contributed by atoms with Gasteiger partial charge in [0, 0.05) is 12.7 Å². The average Bonchev–Trinajstić information content (AvgIpc) is 2.88. The van der Waals surface area contributed by atoms with Gasteiger partial charge in [-0.25, -0.2) is 13.4 Å². The van der Waals surface area contributed by atoms with Gasteiger partial charge in [-0.15, -0.1) is 0 Å². The van der Waals surface area contributed by atoms with Crippen LogP contribution in [0.4, 0.5) is 5.82 Å². The molecule has 1 aliphatic rings. The number of carbonyl (C=O) groups excluding carboxylic acids is 1. The van der Waals surface area contributed by atoms with Crippen molar-refractivity contribution in [2.75, 3.05) is 12.3 Å². The van der Waals surface area contributed by atoms with Gasteiger partial charge in [0.1, 0.15) is 11.9 Å². The van der Waals surface area contributed by atoms with Gasteiger partial charge in [0.15, 0.2) is 5.04 Å². The van der Waals surface area contributed by atoms with Gasteiger partial charge in [-0.1, -0.05) is 0 Å². The summed E-state index contributed by atoms with van der Waals surface area (Å²) in [5.74, 6) is -0.756. The van der Waals surface area contributed by atoms with Crippen molar-refractivity contribution in [2.24, 2.45) is 5.73 Å². The maximum Gasteiger partial charge on any atom is 0.261 e. The number of hydrogen-bond acceptors (Lipinski definition) is 6. The lowest BCUT2D eigenvalue weighted by atomic mass is 10.2. The summed E-state index contributed by atoms with van der Waals surface area (Å²) in [5.41, 5.74) is 10.8. The molecule has 0 aliphatic carbocycles. The van der Waals surface area contributed by atoms with E-state index in [2.05, 4.69) is 4.98 Å². The summed E-state index contributed by atoms with van der Waals surface area (Å²) >= 11 is 0. The minimum atomic E-state index is -4.11. The summed E-state index contributed by atoms with van der Waals surface area (Å²) in [4.78, 5) is 15.1. The Labute approximate surface area is 116 Å². The van der Waals surface area contributed by atoms with Crippen molar-refractivity contribution in [3.8, 4) is 0 Å². The minimum absolute atomic E-state index is 0.0163. The van der Waals surface area contributed by atoms with Gasteiger partial charge in [-0.05, 0) is 25.0 Å². The highest BCUT2D eigenvalue weighted by molar-refractivity contribution is 8.04. The Bertz CT molecular complexity index is 658. The van der Waals surface area contributed by atoms with E-state index in [4.69, 9.17) is 16.9 Å². The zero-order chi connectivity index (χ0) is 14.9. The molecule has 1 aromatic rings. The summed E-state index contributed by atoms with van der Waals surface area (Å²) in [6, 6.07) is 1.99. The molecule has 108 valence electrons. The molecule has 0 bridgehead atoms. The molecule has 0 spiro atoms. The molecule has 1 saturated heterocycles. The van der Waals surface area contributed by atoms with E-state index in [1.165, 1.54) is 18.3 Å².